The van der Waals surface area contributed by atoms with Crippen molar-refractivity contribution in [3.05, 3.63) is 12.2 Å². The molecule has 16 heavy (non-hydrogen) atoms. The SMILES string of the molecule is C=C(C)C(=O)O.CCCS(=O)(=O)C(F)(F)F. The van der Waals surface area contributed by atoms with Crippen molar-refractivity contribution < 1.29 is 31.5 Å². The lowest BCUT2D eigenvalue weighted by atomic mass is 10.4. The number of carboxylic acids is 1. The Labute approximate surface area is 91.7 Å². The van der Waals surface area contributed by atoms with Gasteiger partial charge in [-0.15, -0.1) is 0 Å². The highest BCUT2D eigenvalue weighted by molar-refractivity contribution is 7.92. The first kappa shape index (κ1) is 17.3. The molecule has 1 N–H and O–H groups in total. The van der Waals surface area contributed by atoms with Gasteiger partial charge in [-0.25, -0.2) is 13.2 Å². The van der Waals surface area contributed by atoms with E-state index in [1.54, 1.807) is 0 Å². The van der Waals surface area contributed by atoms with Crippen molar-refractivity contribution in [3.8, 4) is 0 Å². The maximum atomic E-state index is 11.4. The summed E-state index contributed by atoms with van der Waals surface area (Å²) < 4.78 is 54.6. The molecular formula is C8H13F3O4S. The summed E-state index contributed by atoms with van der Waals surface area (Å²) in [4.78, 5) is 9.60. The third-order valence-electron chi connectivity index (χ3n) is 1.19. The summed E-state index contributed by atoms with van der Waals surface area (Å²) in [5.74, 6) is -1.76. The van der Waals surface area contributed by atoms with Crippen LogP contribution < -0.4 is 0 Å². The van der Waals surface area contributed by atoms with Gasteiger partial charge in [0.1, 0.15) is 0 Å². The van der Waals surface area contributed by atoms with Crippen molar-refractivity contribution >= 4 is 15.8 Å². The second kappa shape index (κ2) is 6.51. The lowest BCUT2D eigenvalue weighted by Crippen LogP contribution is -2.25. The zero-order valence-corrected chi connectivity index (χ0v) is 9.65. The predicted molar refractivity (Wildman–Crippen MR) is 52.6 cm³/mol. The largest absolute Gasteiger partial charge is 0.497 e. The number of rotatable bonds is 3. The molecule has 0 saturated heterocycles. The minimum absolute atomic E-state index is 0.0121. The van der Waals surface area contributed by atoms with E-state index in [0.717, 1.165) is 0 Å². The van der Waals surface area contributed by atoms with Gasteiger partial charge in [0.05, 0.1) is 5.75 Å². The minimum atomic E-state index is -5.08. The highest BCUT2D eigenvalue weighted by Gasteiger charge is 2.44. The molecule has 0 spiro atoms. The molecule has 0 aromatic rings. The fraction of sp³-hybridized carbons (Fsp3) is 0.625. The number of aliphatic carboxylic acids is 1. The van der Waals surface area contributed by atoms with Gasteiger partial charge in [-0.3, -0.25) is 0 Å². The Hall–Kier alpha value is -1.05. The van der Waals surface area contributed by atoms with E-state index < -0.39 is 27.1 Å². The Bertz CT molecular complexity index is 331. The molecule has 0 aromatic heterocycles. The topological polar surface area (TPSA) is 71.4 Å². The highest BCUT2D eigenvalue weighted by atomic mass is 32.2. The fourth-order valence-electron chi connectivity index (χ4n) is 0.384. The van der Waals surface area contributed by atoms with Crippen LogP contribution in [0, 0.1) is 0 Å². The first-order valence-electron chi connectivity index (χ1n) is 4.13. The predicted octanol–water partition coefficient (Wildman–Crippen LogP) is 1.98. The quantitative estimate of drug-likeness (QED) is 0.789. The molecule has 0 heterocycles. The number of carboxylic acid groups (broad SMARTS) is 1. The van der Waals surface area contributed by atoms with Crippen LogP contribution in [-0.2, 0) is 14.6 Å². The maximum Gasteiger partial charge on any atom is 0.497 e. The van der Waals surface area contributed by atoms with Crippen LogP contribution >= 0.6 is 0 Å². The first-order chi connectivity index (χ1) is 6.95. The van der Waals surface area contributed by atoms with Crippen molar-refractivity contribution in [2.24, 2.45) is 0 Å². The summed E-state index contributed by atoms with van der Waals surface area (Å²) in [6, 6.07) is 0. The van der Waals surface area contributed by atoms with Crippen molar-refractivity contribution in [1.29, 1.82) is 0 Å². The second-order valence-electron chi connectivity index (χ2n) is 2.85. The number of alkyl halides is 3. The summed E-state index contributed by atoms with van der Waals surface area (Å²) in [5, 5.41) is 7.89. The van der Waals surface area contributed by atoms with Crippen molar-refractivity contribution in [3.63, 3.8) is 0 Å². The van der Waals surface area contributed by atoms with E-state index in [4.69, 9.17) is 5.11 Å². The molecule has 0 unspecified atom stereocenters. The molecule has 0 bridgehead atoms. The van der Waals surface area contributed by atoms with Crippen LogP contribution in [0.25, 0.3) is 0 Å². The maximum absolute atomic E-state index is 11.4. The first-order valence-corrected chi connectivity index (χ1v) is 5.78. The van der Waals surface area contributed by atoms with Gasteiger partial charge in [-0.1, -0.05) is 13.5 Å². The zero-order valence-electron chi connectivity index (χ0n) is 8.84. The lowest BCUT2D eigenvalue weighted by Gasteiger charge is -2.04. The van der Waals surface area contributed by atoms with Crippen LogP contribution in [0.3, 0.4) is 0 Å². The lowest BCUT2D eigenvalue weighted by molar-refractivity contribution is -0.132. The van der Waals surface area contributed by atoms with E-state index in [0.29, 0.717) is 0 Å². The molecule has 0 rings (SSSR count). The number of hydrogen-bond acceptors (Lipinski definition) is 3. The molecule has 0 saturated carbocycles. The van der Waals surface area contributed by atoms with Crippen LogP contribution in [0.5, 0.6) is 0 Å². The molecule has 8 heteroatoms. The van der Waals surface area contributed by atoms with Crippen LogP contribution in [0.2, 0.25) is 0 Å². The van der Waals surface area contributed by atoms with Crippen molar-refractivity contribution in [2.45, 2.75) is 25.8 Å². The van der Waals surface area contributed by atoms with Gasteiger partial charge in [0.2, 0.25) is 9.84 Å². The van der Waals surface area contributed by atoms with Gasteiger partial charge in [-0.05, 0) is 13.3 Å². The molecule has 0 fully saturated rings. The van der Waals surface area contributed by atoms with Gasteiger partial charge >= 0.3 is 11.5 Å². The van der Waals surface area contributed by atoms with Crippen LogP contribution in [-0.4, -0.2) is 30.8 Å². The monoisotopic (exact) mass is 262 g/mol. The molecule has 96 valence electrons. The van der Waals surface area contributed by atoms with Crippen LogP contribution in [0.1, 0.15) is 20.3 Å². The van der Waals surface area contributed by atoms with Gasteiger partial charge in [0, 0.05) is 5.57 Å². The average Bonchev–Trinajstić information content (AvgIpc) is 2.02. The molecule has 0 radical (unpaired) electrons. The smallest absolute Gasteiger partial charge is 0.478 e. The molecule has 0 atom stereocenters. The number of carbonyl (C=O) groups is 1. The average molecular weight is 262 g/mol. The van der Waals surface area contributed by atoms with Crippen molar-refractivity contribution in [2.75, 3.05) is 5.75 Å². The number of halogens is 3. The van der Waals surface area contributed by atoms with Crippen LogP contribution in [0.15, 0.2) is 12.2 Å². The van der Waals surface area contributed by atoms with Crippen molar-refractivity contribution in [1.82, 2.24) is 0 Å². The van der Waals surface area contributed by atoms with Gasteiger partial charge < -0.3 is 5.11 Å². The fourth-order valence-corrected chi connectivity index (χ4v) is 1.15. The normalized spacial score (nSPS) is 11.3. The number of hydrogen-bond donors (Lipinski definition) is 1. The molecule has 0 aliphatic carbocycles. The summed E-state index contributed by atoms with van der Waals surface area (Å²) >= 11 is 0. The van der Waals surface area contributed by atoms with E-state index in [2.05, 4.69) is 6.58 Å². The Kier molecular flexibility index (Phi) is 7.06. The number of sulfone groups is 1. The van der Waals surface area contributed by atoms with Gasteiger partial charge in [0.25, 0.3) is 0 Å². The van der Waals surface area contributed by atoms with E-state index in [1.807, 2.05) is 0 Å². The summed E-state index contributed by atoms with van der Waals surface area (Å²) in [6.07, 6.45) is -0.0121. The molecule has 0 aliphatic heterocycles. The molecule has 0 aromatic carbocycles. The van der Waals surface area contributed by atoms with Gasteiger partial charge in [-0.2, -0.15) is 13.2 Å². The third kappa shape index (κ3) is 7.27. The van der Waals surface area contributed by atoms with Crippen LogP contribution in [0.4, 0.5) is 13.2 Å². The zero-order chi connectivity index (χ0) is 13.6. The minimum Gasteiger partial charge on any atom is -0.478 e. The molecule has 4 nitrogen and oxygen atoms in total. The Balaban J connectivity index is 0. The van der Waals surface area contributed by atoms with Gasteiger partial charge in [0.15, 0.2) is 0 Å². The van der Waals surface area contributed by atoms with E-state index >= 15 is 0 Å². The Morgan fingerprint density at radius 2 is 1.69 bits per heavy atom. The summed E-state index contributed by atoms with van der Waals surface area (Å²) in [6.45, 7) is 5.98. The highest BCUT2D eigenvalue weighted by Crippen LogP contribution is 2.23. The Morgan fingerprint density at radius 3 is 1.75 bits per heavy atom. The molecule has 0 amide bonds. The summed E-state index contributed by atoms with van der Waals surface area (Å²) in [5.41, 5.74) is -4.90. The van der Waals surface area contributed by atoms with E-state index in [-0.39, 0.29) is 12.0 Å². The standard InChI is InChI=1S/C4H7F3O2S.C4H6O2/c1-2-3-10(8,9)4(5,6)7;1-3(2)4(5)6/h2-3H2,1H3;1H2,2H3,(H,5,6). The van der Waals surface area contributed by atoms with E-state index in [1.165, 1.54) is 13.8 Å². The third-order valence-corrected chi connectivity index (χ3v) is 2.84. The van der Waals surface area contributed by atoms with E-state index in [9.17, 15) is 26.4 Å². The molecular weight excluding hydrogens is 249 g/mol. The summed E-state index contributed by atoms with van der Waals surface area (Å²) in [7, 11) is -4.85. The second-order valence-corrected chi connectivity index (χ2v) is 4.95. The Morgan fingerprint density at radius 1 is 1.38 bits per heavy atom. The molecule has 0 aliphatic rings.